The predicted molar refractivity (Wildman–Crippen MR) is 175 cm³/mol. The molecule has 0 unspecified atom stereocenters. The van der Waals surface area contributed by atoms with Gasteiger partial charge < -0.3 is 18.9 Å². The van der Waals surface area contributed by atoms with E-state index in [0.29, 0.717) is 22.3 Å². The molecule has 0 saturated carbocycles. The maximum atomic E-state index is 12.8. The van der Waals surface area contributed by atoms with Crippen molar-refractivity contribution in [3.8, 4) is 22.7 Å². The number of allylic oxidation sites excluding steroid dienone is 2. The zero-order chi connectivity index (χ0) is 33.7. The molecule has 0 saturated heterocycles. The molecule has 1 radical (unpaired) electrons. The van der Waals surface area contributed by atoms with Crippen LogP contribution in [0, 0.1) is 17.9 Å². The number of ketones is 1. The number of aliphatic hydroxyl groups is 1. The number of halogens is 3. The number of alkyl halides is 3. The van der Waals surface area contributed by atoms with Gasteiger partial charge in [0.2, 0.25) is 5.89 Å². The van der Waals surface area contributed by atoms with Crippen molar-refractivity contribution in [3.63, 3.8) is 0 Å². The molecule has 3 heterocycles. The Morgan fingerprint density at radius 1 is 0.896 bits per heavy atom. The van der Waals surface area contributed by atoms with Gasteiger partial charge in [0.05, 0.1) is 11.3 Å². The Labute approximate surface area is 289 Å². The van der Waals surface area contributed by atoms with Gasteiger partial charge in [-0.2, -0.15) is 13.2 Å². The second kappa shape index (κ2) is 15.7. The van der Waals surface area contributed by atoms with Gasteiger partial charge in [0.1, 0.15) is 5.58 Å². The van der Waals surface area contributed by atoms with Gasteiger partial charge in [-0.3, -0.25) is 4.79 Å². The molecule has 3 aromatic heterocycles. The van der Waals surface area contributed by atoms with Crippen molar-refractivity contribution in [2.45, 2.75) is 59.6 Å². The van der Waals surface area contributed by atoms with Crippen molar-refractivity contribution in [1.29, 1.82) is 0 Å². The molecule has 3 aromatic carbocycles. The van der Waals surface area contributed by atoms with Crippen LogP contribution in [0.15, 0.2) is 87.5 Å². The topological polar surface area (TPSA) is 102 Å². The molecule has 0 aliphatic rings. The third-order valence-corrected chi connectivity index (χ3v) is 8.34. The summed E-state index contributed by atoms with van der Waals surface area (Å²) in [6.45, 7) is 8.07. The molecular weight excluding hydrogens is 800 g/mol. The summed E-state index contributed by atoms with van der Waals surface area (Å²) in [6.07, 6.45) is 1.94. The van der Waals surface area contributed by atoms with E-state index in [4.69, 9.17) is 8.83 Å². The number of carbonyl (C=O) groups is 1. The average molecular weight is 835 g/mol. The van der Waals surface area contributed by atoms with E-state index < -0.39 is 12.1 Å². The summed E-state index contributed by atoms with van der Waals surface area (Å²) >= 11 is 0. The Morgan fingerprint density at radius 3 is 2.27 bits per heavy atom. The first-order valence-electron chi connectivity index (χ1n) is 15.7. The van der Waals surface area contributed by atoms with Crippen molar-refractivity contribution < 1.29 is 52.0 Å². The number of furan rings is 1. The first-order valence-corrected chi connectivity index (χ1v) is 15.7. The van der Waals surface area contributed by atoms with Crippen molar-refractivity contribution in [2.24, 2.45) is 11.8 Å². The van der Waals surface area contributed by atoms with Gasteiger partial charge >= 0.3 is 12.1 Å². The summed E-state index contributed by atoms with van der Waals surface area (Å²) in [5.74, 6) is -1.08. The second-order valence-electron chi connectivity index (χ2n) is 11.2. The maximum Gasteiger partial charge on any atom is 0.470 e. The van der Waals surface area contributed by atoms with Gasteiger partial charge in [-0.25, -0.2) is 0 Å². The quantitative estimate of drug-likeness (QED) is 0.0879. The molecule has 0 spiro atoms. The number of hydrogen-bond acceptors (Lipinski definition) is 7. The van der Waals surface area contributed by atoms with E-state index >= 15 is 0 Å². The molecule has 48 heavy (non-hydrogen) atoms. The number of pyridine rings is 1. The van der Waals surface area contributed by atoms with Crippen LogP contribution < -0.4 is 0 Å². The van der Waals surface area contributed by atoms with E-state index in [2.05, 4.69) is 21.2 Å². The molecule has 253 valence electrons. The first-order chi connectivity index (χ1) is 22.6. The van der Waals surface area contributed by atoms with Crippen molar-refractivity contribution >= 4 is 38.5 Å². The van der Waals surface area contributed by atoms with Crippen LogP contribution in [-0.4, -0.2) is 26.1 Å². The normalized spacial score (nSPS) is 12.1. The zero-order valence-corrected chi connectivity index (χ0v) is 29.3. The van der Waals surface area contributed by atoms with E-state index in [-0.39, 0.29) is 49.4 Å². The number of benzene rings is 3. The molecule has 0 fully saturated rings. The van der Waals surface area contributed by atoms with Gasteiger partial charge in [0.15, 0.2) is 5.78 Å². The SMILES string of the molecule is CCC(CC)C(=O)/C=C(\O)C(CC)CC.FC(F)(F)c1nnc(-c2ccc3c(c2)oc2c(-c4nccc5ccccc45)[c-]ccc23)o1.[Ir]. The molecule has 0 aliphatic heterocycles. The van der Waals surface area contributed by atoms with Crippen LogP contribution in [0.3, 0.4) is 0 Å². The van der Waals surface area contributed by atoms with Crippen LogP contribution in [0.25, 0.3) is 55.4 Å². The largest absolute Gasteiger partial charge is 0.512 e. The maximum absolute atomic E-state index is 12.8. The van der Waals surface area contributed by atoms with Crippen LogP contribution in [0.1, 0.15) is 59.3 Å². The Bertz CT molecular complexity index is 2040. The second-order valence-corrected chi connectivity index (χ2v) is 11.2. The summed E-state index contributed by atoms with van der Waals surface area (Å²) in [5.41, 5.74) is 2.83. The molecule has 0 amide bonds. The fourth-order valence-electron chi connectivity index (χ4n) is 5.60. The minimum Gasteiger partial charge on any atom is -0.512 e. The molecule has 11 heteroatoms. The van der Waals surface area contributed by atoms with E-state index in [9.17, 15) is 23.1 Å². The third-order valence-electron chi connectivity index (χ3n) is 8.34. The smallest absolute Gasteiger partial charge is 0.470 e. The van der Waals surface area contributed by atoms with E-state index in [1.54, 1.807) is 30.5 Å². The Kier molecular flexibility index (Phi) is 11.9. The van der Waals surface area contributed by atoms with Crippen molar-refractivity contribution in [1.82, 2.24) is 15.2 Å². The molecular formula is C37H35F3IrN3O4-. The van der Waals surface area contributed by atoms with Gasteiger partial charge in [-0.05, 0) is 60.3 Å². The monoisotopic (exact) mass is 835 g/mol. The van der Waals surface area contributed by atoms with Gasteiger partial charge in [-0.1, -0.05) is 69.0 Å². The first kappa shape index (κ1) is 36.5. The summed E-state index contributed by atoms with van der Waals surface area (Å²) in [5, 5.41) is 20.0. The third kappa shape index (κ3) is 7.69. The van der Waals surface area contributed by atoms with Gasteiger partial charge in [-0.15, -0.1) is 28.4 Å². The number of carbonyl (C=O) groups excluding carboxylic acids is 1. The number of nitrogens with zero attached hydrogens (tertiary/aromatic N) is 3. The molecule has 0 bridgehead atoms. The van der Waals surface area contributed by atoms with Gasteiger partial charge in [0, 0.05) is 55.2 Å². The predicted octanol–water partition coefficient (Wildman–Crippen LogP) is 10.5. The standard InChI is InChI=1S/C24H11F3N3O2.C13H24O2.Ir/c25-24(26,27)23-30-29-22(32-23)14-8-9-16-17-6-3-7-18(21(17)31-19(16)12-14)20-15-5-2-1-4-13(15)10-11-28-20;1-5-10(6-2)12(14)9-13(15)11(7-3)8-4;/h1-6,8-12H;9-11,14H,5-8H2,1-4H3;/q-1;;/b;12-9-;. The molecule has 6 aromatic rings. The van der Waals surface area contributed by atoms with Crippen LogP contribution in [0.2, 0.25) is 0 Å². The van der Waals surface area contributed by atoms with Crippen LogP contribution in [-0.2, 0) is 31.1 Å². The molecule has 0 aliphatic carbocycles. The average Bonchev–Trinajstić information content (AvgIpc) is 3.72. The Balaban J connectivity index is 0.000000279. The summed E-state index contributed by atoms with van der Waals surface area (Å²) in [6, 6.07) is 21.7. The number of aliphatic hydroxyl groups excluding tert-OH is 1. The number of hydrogen-bond donors (Lipinski definition) is 1. The number of aromatic nitrogens is 3. The Morgan fingerprint density at radius 2 is 1.60 bits per heavy atom. The number of rotatable bonds is 9. The summed E-state index contributed by atoms with van der Waals surface area (Å²) in [4.78, 5) is 16.3. The molecule has 7 nitrogen and oxygen atoms in total. The minimum absolute atomic E-state index is 0. The van der Waals surface area contributed by atoms with Crippen LogP contribution in [0.5, 0.6) is 0 Å². The van der Waals surface area contributed by atoms with E-state index in [1.807, 2.05) is 64.1 Å². The van der Waals surface area contributed by atoms with Crippen molar-refractivity contribution in [3.05, 3.63) is 90.7 Å². The fourth-order valence-corrected chi connectivity index (χ4v) is 5.60. The van der Waals surface area contributed by atoms with Crippen LogP contribution in [0.4, 0.5) is 13.2 Å². The molecule has 6 rings (SSSR count). The minimum atomic E-state index is -4.70. The summed E-state index contributed by atoms with van der Waals surface area (Å²) in [7, 11) is 0. The molecule has 1 N–H and O–H groups in total. The van der Waals surface area contributed by atoms with Gasteiger partial charge in [0.25, 0.3) is 0 Å². The van der Waals surface area contributed by atoms with E-state index in [0.717, 1.165) is 52.9 Å². The summed E-state index contributed by atoms with van der Waals surface area (Å²) < 4.78 is 49.3. The van der Waals surface area contributed by atoms with E-state index in [1.165, 1.54) is 6.08 Å². The Hall–Kier alpha value is -4.34. The van der Waals surface area contributed by atoms with Crippen molar-refractivity contribution in [2.75, 3.05) is 0 Å². The fraction of sp³-hybridized carbons (Fsp3) is 0.297. The zero-order valence-electron chi connectivity index (χ0n) is 26.9. The molecule has 0 atom stereocenters. The number of fused-ring (bicyclic) bond motifs is 4. The van der Waals surface area contributed by atoms with Crippen LogP contribution >= 0.6 is 0 Å².